The summed E-state index contributed by atoms with van der Waals surface area (Å²) < 4.78 is 0. The zero-order valence-electron chi connectivity index (χ0n) is 14.3. The summed E-state index contributed by atoms with van der Waals surface area (Å²) in [5, 5.41) is 3.99. The van der Waals surface area contributed by atoms with E-state index in [0.717, 1.165) is 18.0 Å². The van der Waals surface area contributed by atoms with Gasteiger partial charge in [0.05, 0.1) is 0 Å². The minimum Gasteiger partial charge on any atom is -0.311 e. The smallest absolute Gasteiger partial charge is 0.0125 e. The minimum absolute atomic E-state index is 0.349. The van der Waals surface area contributed by atoms with Gasteiger partial charge < -0.3 is 5.32 Å². The summed E-state index contributed by atoms with van der Waals surface area (Å²) in [5.41, 5.74) is 0.349. The van der Waals surface area contributed by atoms with Crippen molar-refractivity contribution in [1.29, 1.82) is 0 Å². The first kappa shape index (κ1) is 16.3. The number of likely N-dealkylation sites (tertiary alicyclic amines) is 1. The first-order valence-electron chi connectivity index (χ1n) is 9.00. The summed E-state index contributed by atoms with van der Waals surface area (Å²) in [4.78, 5) is 2.64. The Labute approximate surface area is 126 Å². The van der Waals surface area contributed by atoms with Crippen molar-refractivity contribution in [3.05, 3.63) is 0 Å². The zero-order chi connectivity index (χ0) is 14.6. The molecule has 1 aliphatic carbocycles. The molecule has 0 aromatic rings. The predicted molar refractivity (Wildman–Crippen MR) is 88.1 cm³/mol. The first-order valence-corrected chi connectivity index (χ1v) is 9.00. The minimum atomic E-state index is 0.349. The normalized spacial score (nSPS) is 31.2. The van der Waals surface area contributed by atoms with Crippen LogP contribution in [0.1, 0.15) is 79.1 Å². The van der Waals surface area contributed by atoms with Crippen LogP contribution in [0, 0.1) is 5.92 Å². The third kappa shape index (κ3) is 4.73. The van der Waals surface area contributed by atoms with Crippen LogP contribution in [-0.4, -0.2) is 35.6 Å². The monoisotopic (exact) mass is 280 g/mol. The number of piperidine rings is 1. The van der Waals surface area contributed by atoms with Crippen molar-refractivity contribution in [2.45, 2.75) is 96.7 Å². The molecule has 0 aromatic heterocycles. The Kier molecular flexibility index (Phi) is 5.92. The fourth-order valence-corrected chi connectivity index (χ4v) is 4.00. The molecule has 20 heavy (non-hydrogen) atoms. The van der Waals surface area contributed by atoms with Crippen LogP contribution in [0.3, 0.4) is 0 Å². The Morgan fingerprint density at radius 1 is 0.900 bits per heavy atom. The van der Waals surface area contributed by atoms with Crippen molar-refractivity contribution >= 4 is 0 Å². The molecule has 2 atom stereocenters. The fraction of sp³-hybridized carbons (Fsp3) is 1.00. The highest BCUT2D eigenvalue weighted by atomic mass is 15.2. The molecule has 1 saturated heterocycles. The molecule has 0 aromatic carbocycles. The van der Waals surface area contributed by atoms with E-state index in [2.05, 4.69) is 37.9 Å². The third-order valence-electron chi connectivity index (χ3n) is 5.58. The van der Waals surface area contributed by atoms with Crippen LogP contribution in [0.25, 0.3) is 0 Å². The lowest BCUT2D eigenvalue weighted by Crippen LogP contribution is -2.51. The molecule has 1 aliphatic heterocycles. The highest BCUT2D eigenvalue weighted by Crippen LogP contribution is 2.27. The maximum Gasteiger partial charge on any atom is 0.0125 e. The van der Waals surface area contributed by atoms with E-state index in [9.17, 15) is 0 Å². The van der Waals surface area contributed by atoms with Crippen LogP contribution >= 0.6 is 0 Å². The van der Waals surface area contributed by atoms with Crippen molar-refractivity contribution in [3.8, 4) is 0 Å². The van der Waals surface area contributed by atoms with Gasteiger partial charge in [0.15, 0.2) is 0 Å². The molecule has 1 N–H and O–H groups in total. The molecule has 1 heterocycles. The number of hydrogen-bond donors (Lipinski definition) is 1. The van der Waals surface area contributed by atoms with Crippen LogP contribution in [0.2, 0.25) is 0 Å². The van der Waals surface area contributed by atoms with Crippen LogP contribution in [0.4, 0.5) is 0 Å². The Balaban J connectivity index is 1.72. The van der Waals surface area contributed by atoms with Crippen molar-refractivity contribution in [2.75, 3.05) is 13.1 Å². The van der Waals surface area contributed by atoms with Gasteiger partial charge in [-0.2, -0.15) is 0 Å². The highest BCUT2D eigenvalue weighted by Gasteiger charge is 2.28. The zero-order valence-corrected chi connectivity index (χ0v) is 14.3. The second-order valence-electron chi connectivity index (χ2n) is 8.08. The molecule has 0 amide bonds. The van der Waals surface area contributed by atoms with Gasteiger partial charge in [-0.3, -0.25) is 4.90 Å². The van der Waals surface area contributed by atoms with Gasteiger partial charge in [-0.05, 0) is 58.8 Å². The Bertz CT molecular complexity index is 274. The quantitative estimate of drug-likeness (QED) is 0.780. The molecule has 2 rings (SSSR count). The van der Waals surface area contributed by atoms with E-state index >= 15 is 0 Å². The van der Waals surface area contributed by atoms with Gasteiger partial charge in [-0.15, -0.1) is 0 Å². The van der Waals surface area contributed by atoms with Gasteiger partial charge in [-0.1, -0.05) is 26.2 Å². The molecular formula is C18H36N2. The molecule has 118 valence electrons. The van der Waals surface area contributed by atoms with Crippen LogP contribution < -0.4 is 5.32 Å². The van der Waals surface area contributed by atoms with Gasteiger partial charge in [-0.25, -0.2) is 0 Å². The van der Waals surface area contributed by atoms with E-state index in [4.69, 9.17) is 0 Å². The molecule has 0 radical (unpaired) electrons. The van der Waals surface area contributed by atoms with Gasteiger partial charge in [0.1, 0.15) is 0 Å². The molecule has 2 nitrogen and oxygen atoms in total. The van der Waals surface area contributed by atoms with E-state index in [1.165, 1.54) is 64.5 Å². The van der Waals surface area contributed by atoms with Gasteiger partial charge in [0, 0.05) is 30.7 Å². The molecule has 0 bridgehead atoms. The predicted octanol–water partition coefficient (Wildman–Crippen LogP) is 4.20. The number of nitrogens with zero attached hydrogens (tertiary/aromatic N) is 1. The number of rotatable bonds is 3. The standard InChI is InChI=1S/C18H36N2/c1-5-15-7-6-8-16(10-9-15)19-17-11-13-20(14-12-17)18(2,3)4/h15-17,19H,5-14H2,1-4H3. The molecule has 2 aliphatic rings. The lowest BCUT2D eigenvalue weighted by atomic mass is 9.96. The first-order chi connectivity index (χ1) is 9.49. The third-order valence-corrected chi connectivity index (χ3v) is 5.58. The van der Waals surface area contributed by atoms with E-state index in [-0.39, 0.29) is 0 Å². The highest BCUT2D eigenvalue weighted by molar-refractivity contribution is 4.86. The second kappa shape index (κ2) is 7.26. The second-order valence-corrected chi connectivity index (χ2v) is 8.08. The Hall–Kier alpha value is -0.0800. The fourth-order valence-electron chi connectivity index (χ4n) is 4.00. The van der Waals surface area contributed by atoms with Gasteiger partial charge in [0.25, 0.3) is 0 Å². The number of nitrogens with one attached hydrogen (secondary N) is 1. The van der Waals surface area contributed by atoms with Crippen molar-refractivity contribution in [1.82, 2.24) is 10.2 Å². The average molecular weight is 280 g/mol. The molecule has 2 heteroatoms. The van der Waals surface area contributed by atoms with Crippen molar-refractivity contribution in [2.24, 2.45) is 5.92 Å². The average Bonchev–Trinajstić information content (AvgIpc) is 2.63. The number of hydrogen-bond acceptors (Lipinski definition) is 2. The van der Waals surface area contributed by atoms with E-state index in [1.807, 2.05) is 0 Å². The van der Waals surface area contributed by atoms with E-state index < -0.39 is 0 Å². The van der Waals surface area contributed by atoms with Crippen LogP contribution in [0.15, 0.2) is 0 Å². The SMILES string of the molecule is CCC1CCCC(NC2CCN(C(C)(C)C)CC2)CC1. The lowest BCUT2D eigenvalue weighted by molar-refractivity contribution is 0.0931. The Morgan fingerprint density at radius 2 is 1.55 bits per heavy atom. The molecule has 1 saturated carbocycles. The molecule has 0 spiro atoms. The largest absolute Gasteiger partial charge is 0.311 e. The summed E-state index contributed by atoms with van der Waals surface area (Å²) in [7, 11) is 0. The van der Waals surface area contributed by atoms with Gasteiger partial charge in [0.2, 0.25) is 0 Å². The summed E-state index contributed by atoms with van der Waals surface area (Å²) >= 11 is 0. The summed E-state index contributed by atoms with van der Waals surface area (Å²) in [5.74, 6) is 1.00. The van der Waals surface area contributed by atoms with Crippen LogP contribution in [0.5, 0.6) is 0 Å². The summed E-state index contributed by atoms with van der Waals surface area (Å²) in [6.07, 6.45) is 11.3. The van der Waals surface area contributed by atoms with Crippen LogP contribution in [-0.2, 0) is 0 Å². The summed E-state index contributed by atoms with van der Waals surface area (Å²) in [6.45, 7) is 11.9. The topological polar surface area (TPSA) is 15.3 Å². The van der Waals surface area contributed by atoms with E-state index in [1.54, 1.807) is 0 Å². The maximum atomic E-state index is 3.99. The summed E-state index contributed by atoms with van der Waals surface area (Å²) in [6, 6.07) is 1.58. The maximum absolute atomic E-state index is 3.99. The lowest BCUT2D eigenvalue weighted by Gasteiger charge is -2.41. The molecular weight excluding hydrogens is 244 g/mol. The molecule has 2 fully saturated rings. The van der Waals surface area contributed by atoms with E-state index in [0.29, 0.717) is 5.54 Å². The Morgan fingerprint density at radius 3 is 2.15 bits per heavy atom. The van der Waals surface area contributed by atoms with Crippen molar-refractivity contribution in [3.63, 3.8) is 0 Å². The molecule has 2 unspecified atom stereocenters. The van der Waals surface area contributed by atoms with Gasteiger partial charge >= 0.3 is 0 Å². The van der Waals surface area contributed by atoms with Crippen molar-refractivity contribution < 1.29 is 0 Å².